The molecule has 2 rings (SSSR count). The van der Waals surface area contributed by atoms with Crippen molar-refractivity contribution in [3.63, 3.8) is 0 Å². The zero-order valence-corrected chi connectivity index (χ0v) is 14.6. The van der Waals surface area contributed by atoms with E-state index in [9.17, 15) is 4.79 Å². The first kappa shape index (κ1) is 17.6. The summed E-state index contributed by atoms with van der Waals surface area (Å²) in [7, 11) is 1.57. The van der Waals surface area contributed by atoms with Crippen molar-refractivity contribution in [2.75, 3.05) is 27.0 Å². The van der Waals surface area contributed by atoms with E-state index >= 15 is 0 Å². The minimum atomic E-state index is -0.102. The van der Waals surface area contributed by atoms with Crippen LogP contribution in [0.1, 0.15) is 50.4 Å². The maximum Gasteiger partial charge on any atom is 0.231 e. The molecule has 0 saturated carbocycles. The van der Waals surface area contributed by atoms with Gasteiger partial charge in [0.15, 0.2) is 17.3 Å². The molecular formula is C18H27NO4. The number of fused-ring (bicyclic) bond motifs is 1. The fraction of sp³-hybridized carbons (Fsp3) is 0.611. The topological polar surface area (TPSA) is 48.0 Å². The van der Waals surface area contributed by atoms with Crippen molar-refractivity contribution in [3.05, 3.63) is 17.7 Å². The first-order valence-electron chi connectivity index (χ1n) is 8.42. The third-order valence-electron chi connectivity index (χ3n) is 4.33. The highest BCUT2D eigenvalue weighted by Gasteiger charge is 2.28. The van der Waals surface area contributed by atoms with Gasteiger partial charge in [-0.05, 0) is 31.6 Å². The van der Waals surface area contributed by atoms with Crippen molar-refractivity contribution >= 4 is 5.78 Å². The maximum absolute atomic E-state index is 13.1. The van der Waals surface area contributed by atoms with Gasteiger partial charge in [-0.15, -0.1) is 0 Å². The monoisotopic (exact) mass is 321 g/mol. The predicted octanol–water partition coefficient (Wildman–Crippen LogP) is 3.51. The van der Waals surface area contributed by atoms with Crippen LogP contribution in [-0.2, 0) is 0 Å². The van der Waals surface area contributed by atoms with E-state index in [1.54, 1.807) is 19.2 Å². The van der Waals surface area contributed by atoms with Gasteiger partial charge in [-0.1, -0.05) is 33.6 Å². The van der Waals surface area contributed by atoms with Crippen LogP contribution in [0.4, 0.5) is 0 Å². The number of carbonyl (C=O) groups excluding carboxylic acids is 1. The first-order chi connectivity index (χ1) is 11.2. The standard InChI is InChI=1S/C18H27NO4/c1-5-8-9-14(19(6-2)7-3)17(20)13-10-15(21-4)18-16(11-13)22-12-23-18/h10-11,14H,5-9,12H2,1-4H3. The number of hydrogen-bond donors (Lipinski definition) is 0. The van der Waals surface area contributed by atoms with Crippen LogP contribution < -0.4 is 14.2 Å². The molecular weight excluding hydrogens is 294 g/mol. The predicted molar refractivity (Wildman–Crippen MR) is 89.7 cm³/mol. The second-order valence-corrected chi connectivity index (χ2v) is 5.66. The summed E-state index contributed by atoms with van der Waals surface area (Å²) in [5.74, 6) is 1.84. The Kier molecular flexibility index (Phi) is 6.28. The number of ether oxygens (including phenoxy) is 3. The highest BCUT2D eigenvalue weighted by Crippen LogP contribution is 2.42. The molecule has 23 heavy (non-hydrogen) atoms. The summed E-state index contributed by atoms with van der Waals surface area (Å²) in [6.45, 7) is 8.22. The van der Waals surface area contributed by atoms with Gasteiger partial charge in [-0.2, -0.15) is 0 Å². The lowest BCUT2D eigenvalue weighted by Crippen LogP contribution is -2.41. The van der Waals surface area contributed by atoms with Crippen LogP contribution >= 0.6 is 0 Å². The molecule has 0 radical (unpaired) electrons. The quantitative estimate of drug-likeness (QED) is 0.651. The number of rotatable bonds is 9. The Bertz CT molecular complexity index is 540. The molecule has 1 aromatic rings. The van der Waals surface area contributed by atoms with Gasteiger partial charge >= 0.3 is 0 Å². The molecule has 1 aliphatic heterocycles. The molecule has 0 aliphatic carbocycles. The van der Waals surface area contributed by atoms with Crippen molar-refractivity contribution < 1.29 is 19.0 Å². The van der Waals surface area contributed by atoms with Crippen LogP contribution in [0.15, 0.2) is 12.1 Å². The third kappa shape index (κ3) is 3.78. The molecule has 0 bridgehead atoms. The summed E-state index contributed by atoms with van der Waals surface area (Å²) in [5, 5.41) is 0. The van der Waals surface area contributed by atoms with Gasteiger partial charge in [0.05, 0.1) is 13.2 Å². The van der Waals surface area contributed by atoms with Crippen LogP contribution in [0.3, 0.4) is 0 Å². The Morgan fingerprint density at radius 2 is 2.00 bits per heavy atom. The fourth-order valence-corrected chi connectivity index (χ4v) is 3.01. The van der Waals surface area contributed by atoms with Crippen molar-refractivity contribution in [1.82, 2.24) is 4.90 Å². The first-order valence-corrected chi connectivity index (χ1v) is 8.42. The lowest BCUT2D eigenvalue weighted by atomic mass is 9.97. The molecule has 0 fully saturated rings. The molecule has 5 nitrogen and oxygen atoms in total. The number of ketones is 1. The summed E-state index contributed by atoms with van der Waals surface area (Å²) < 4.78 is 16.2. The summed E-state index contributed by atoms with van der Waals surface area (Å²) in [6.07, 6.45) is 2.98. The van der Waals surface area contributed by atoms with E-state index in [4.69, 9.17) is 14.2 Å². The summed E-state index contributed by atoms with van der Waals surface area (Å²) >= 11 is 0. The molecule has 0 saturated heterocycles. The SMILES string of the molecule is CCCCC(C(=O)c1cc(OC)c2c(c1)OCO2)N(CC)CC. The molecule has 1 heterocycles. The Balaban J connectivity index is 2.32. The van der Waals surface area contributed by atoms with Crippen LogP contribution in [0, 0.1) is 0 Å². The molecule has 1 aromatic carbocycles. The Morgan fingerprint density at radius 3 is 2.61 bits per heavy atom. The van der Waals surface area contributed by atoms with Crippen molar-refractivity contribution in [1.29, 1.82) is 0 Å². The highest BCUT2D eigenvalue weighted by atomic mass is 16.7. The third-order valence-corrected chi connectivity index (χ3v) is 4.33. The smallest absolute Gasteiger partial charge is 0.231 e. The number of hydrogen-bond acceptors (Lipinski definition) is 5. The van der Waals surface area contributed by atoms with E-state index in [1.165, 1.54) is 0 Å². The number of nitrogens with zero attached hydrogens (tertiary/aromatic N) is 1. The zero-order valence-electron chi connectivity index (χ0n) is 14.6. The van der Waals surface area contributed by atoms with Crippen LogP contribution in [-0.4, -0.2) is 43.7 Å². The van der Waals surface area contributed by atoms with Gasteiger partial charge in [0.25, 0.3) is 0 Å². The van der Waals surface area contributed by atoms with Gasteiger partial charge in [0, 0.05) is 5.56 Å². The number of carbonyl (C=O) groups is 1. The summed E-state index contributed by atoms with van der Waals surface area (Å²) in [4.78, 5) is 15.3. The van der Waals surface area contributed by atoms with E-state index in [0.717, 1.165) is 32.4 Å². The van der Waals surface area contributed by atoms with Crippen molar-refractivity contribution in [2.45, 2.75) is 46.1 Å². The van der Waals surface area contributed by atoms with Gasteiger partial charge in [0.1, 0.15) is 0 Å². The molecule has 0 N–H and O–H groups in total. The van der Waals surface area contributed by atoms with Crippen molar-refractivity contribution in [2.24, 2.45) is 0 Å². The highest BCUT2D eigenvalue weighted by molar-refractivity contribution is 6.01. The van der Waals surface area contributed by atoms with E-state index in [-0.39, 0.29) is 18.6 Å². The van der Waals surface area contributed by atoms with Gasteiger partial charge in [-0.3, -0.25) is 9.69 Å². The molecule has 0 aromatic heterocycles. The molecule has 0 spiro atoms. The minimum absolute atomic E-state index is 0.102. The average molecular weight is 321 g/mol. The second kappa shape index (κ2) is 8.20. The molecule has 1 unspecified atom stereocenters. The van der Waals surface area contributed by atoms with E-state index in [0.29, 0.717) is 22.8 Å². The Morgan fingerprint density at radius 1 is 1.26 bits per heavy atom. The molecule has 1 atom stereocenters. The Labute approximate surface area is 138 Å². The lowest BCUT2D eigenvalue weighted by molar-refractivity contribution is 0.0816. The van der Waals surface area contributed by atoms with E-state index in [1.807, 2.05) is 0 Å². The number of methoxy groups -OCH3 is 1. The second-order valence-electron chi connectivity index (χ2n) is 5.66. The molecule has 5 heteroatoms. The Hall–Kier alpha value is -1.75. The van der Waals surface area contributed by atoms with Crippen LogP contribution in [0.25, 0.3) is 0 Å². The number of Topliss-reactive ketones (excluding diaryl/α,β-unsaturated/α-hetero) is 1. The normalized spacial score (nSPS) is 14.1. The number of unbranched alkanes of at least 4 members (excludes halogenated alkanes) is 1. The molecule has 128 valence electrons. The number of likely N-dealkylation sites (N-methyl/N-ethyl adjacent to an activating group) is 1. The summed E-state index contributed by atoms with van der Waals surface area (Å²) in [5.41, 5.74) is 0.624. The van der Waals surface area contributed by atoms with Gasteiger partial charge < -0.3 is 14.2 Å². The molecule has 1 aliphatic rings. The zero-order chi connectivity index (χ0) is 16.8. The van der Waals surface area contributed by atoms with E-state index in [2.05, 4.69) is 25.7 Å². The van der Waals surface area contributed by atoms with Crippen LogP contribution in [0.5, 0.6) is 17.2 Å². The van der Waals surface area contributed by atoms with Crippen molar-refractivity contribution in [3.8, 4) is 17.2 Å². The molecule has 0 amide bonds. The summed E-state index contributed by atoms with van der Waals surface area (Å²) in [6, 6.07) is 3.43. The maximum atomic E-state index is 13.1. The van der Waals surface area contributed by atoms with Gasteiger partial charge in [-0.25, -0.2) is 0 Å². The lowest BCUT2D eigenvalue weighted by Gasteiger charge is -2.28. The van der Waals surface area contributed by atoms with Crippen LogP contribution in [0.2, 0.25) is 0 Å². The minimum Gasteiger partial charge on any atom is -0.493 e. The van der Waals surface area contributed by atoms with E-state index < -0.39 is 0 Å². The van der Waals surface area contributed by atoms with Gasteiger partial charge in [0.2, 0.25) is 12.5 Å². The average Bonchev–Trinajstić information content (AvgIpc) is 3.05. The fourth-order valence-electron chi connectivity index (χ4n) is 3.01. The largest absolute Gasteiger partial charge is 0.493 e. The number of benzene rings is 1.